The lowest BCUT2D eigenvalue weighted by Gasteiger charge is -2.40. The Kier molecular flexibility index (Phi) is 7.42. The summed E-state index contributed by atoms with van der Waals surface area (Å²) in [5.74, 6) is 0. The molecule has 0 amide bonds. The molecule has 1 heterocycles. The van der Waals surface area contributed by atoms with E-state index in [0.29, 0.717) is 12.1 Å². The van der Waals surface area contributed by atoms with E-state index in [1.165, 1.54) is 36.8 Å². The zero-order valence-electron chi connectivity index (χ0n) is 17.4. The summed E-state index contributed by atoms with van der Waals surface area (Å²) in [6.07, 6.45) is 10.2. The first-order valence-corrected chi connectivity index (χ1v) is 12.8. The molecule has 30 heavy (non-hydrogen) atoms. The van der Waals surface area contributed by atoms with Crippen LogP contribution in [0.2, 0.25) is 0 Å². The molecule has 2 atom stereocenters. The Hall–Kier alpha value is -0.650. The third kappa shape index (κ3) is 4.73. The molecule has 0 N–H and O–H groups in total. The zero-order chi connectivity index (χ0) is 21.1. The Morgan fingerprint density at radius 2 is 1.30 bits per heavy atom. The first-order valence-electron chi connectivity index (χ1n) is 10.8. The van der Waals surface area contributed by atoms with E-state index in [9.17, 15) is 0 Å². The van der Waals surface area contributed by atoms with Crippen LogP contribution in [-0.4, -0.2) is 27.0 Å². The number of hydrogen-bond donors (Lipinski definition) is 0. The van der Waals surface area contributed by atoms with E-state index < -0.39 is 5.12 Å². The molecule has 1 aliphatic heterocycles. The van der Waals surface area contributed by atoms with Crippen molar-refractivity contribution in [1.29, 1.82) is 0 Å². The highest BCUT2D eigenvalue weighted by molar-refractivity contribution is 9.10. The van der Waals surface area contributed by atoms with E-state index >= 15 is 0 Å². The van der Waals surface area contributed by atoms with Crippen LogP contribution < -0.4 is 0 Å². The maximum Gasteiger partial charge on any atom is 0.156 e. The normalized spacial score (nSPS) is 24.4. The Balaban J connectivity index is 1.69. The third-order valence-corrected chi connectivity index (χ3v) is 8.17. The van der Waals surface area contributed by atoms with Crippen molar-refractivity contribution in [2.45, 2.75) is 69.3 Å². The number of rotatable bonds is 6. The van der Waals surface area contributed by atoms with E-state index in [1.54, 1.807) is 0 Å². The molecule has 5 heteroatoms. The van der Waals surface area contributed by atoms with Gasteiger partial charge in [-0.25, -0.2) is 0 Å². The summed E-state index contributed by atoms with van der Waals surface area (Å²) in [4.78, 5) is 5.17. The Morgan fingerprint density at radius 3 is 1.70 bits per heavy atom. The summed E-state index contributed by atoms with van der Waals surface area (Å²) < 4.78 is 2.23. The highest BCUT2D eigenvalue weighted by Gasteiger charge is 2.55. The van der Waals surface area contributed by atoms with Crippen molar-refractivity contribution in [1.82, 2.24) is 9.80 Å². The van der Waals surface area contributed by atoms with Crippen molar-refractivity contribution in [3.63, 3.8) is 0 Å². The molecular weight excluding hydrogens is 524 g/mol. The van der Waals surface area contributed by atoms with Crippen LogP contribution in [0.5, 0.6) is 0 Å². The van der Waals surface area contributed by atoms with Crippen LogP contribution in [-0.2, 0) is 13.1 Å². The second kappa shape index (κ2) is 9.87. The van der Waals surface area contributed by atoms with Crippen molar-refractivity contribution >= 4 is 43.5 Å². The van der Waals surface area contributed by atoms with Gasteiger partial charge in [-0.2, -0.15) is 0 Å². The lowest BCUT2D eigenvalue weighted by Crippen LogP contribution is -2.49. The summed E-state index contributed by atoms with van der Waals surface area (Å²) in [5, 5.41) is -0.508. The predicted octanol–water partition coefficient (Wildman–Crippen LogP) is 7.70. The molecule has 0 bridgehead atoms. The highest BCUT2D eigenvalue weighted by atomic mass is 79.9. The van der Waals surface area contributed by atoms with Gasteiger partial charge >= 0.3 is 0 Å². The van der Waals surface area contributed by atoms with Gasteiger partial charge in [-0.05, 0) is 55.2 Å². The standard InChI is InChI=1S/C25H29Br2ClN2/c1-2-3-16-25(28)29(17-19-8-12-21(26)13-9-19)23-6-4-5-7-24(23)30(25)18-20-10-14-22(27)15-11-20/h2-3,8-15,23-24H,4-7,16-18H2,1H3/b3-2-/t23-,24-/m1/s1. The monoisotopic (exact) mass is 550 g/mol. The van der Waals surface area contributed by atoms with Gasteiger partial charge in [0.15, 0.2) is 5.12 Å². The molecule has 2 aliphatic rings. The maximum atomic E-state index is 7.60. The first-order chi connectivity index (χ1) is 14.5. The first kappa shape index (κ1) is 22.5. The van der Waals surface area contributed by atoms with Crippen LogP contribution in [0.15, 0.2) is 69.6 Å². The molecule has 0 spiro atoms. The zero-order valence-corrected chi connectivity index (χ0v) is 21.3. The summed E-state index contributed by atoms with van der Waals surface area (Å²) in [6, 6.07) is 18.4. The Bertz CT molecular complexity index is 802. The molecule has 1 aliphatic carbocycles. The number of benzene rings is 2. The van der Waals surface area contributed by atoms with Crippen molar-refractivity contribution in [2.24, 2.45) is 0 Å². The van der Waals surface area contributed by atoms with Crippen LogP contribution in [0.3, 0.4) is 0 Å². The molecule has 2 nitrogen and oxygen atoms in total. The average Bonchev–Trinajstić information content (AvgIpc) is 2.98. The van der Waals surface area contributed by atoms with Crippen molar-refractivity contribution in [3.8, 4) is 0 Å². The molecule has 160 valence electrons. The van der Waals surface area contributed by atoms with Gasteiger partial charge in [-0.3, -0.25) is 9.80 Å². The molecular formula is C25H29Br2ClN2. The molecule has 2 fully saturated rings. The topological polar surface area (TPSA) is 6.48 Å². The molecule has 4 rings (SSSR count). The van der Waals surface area contributed by atoms with Gasteiger partial charge in [0.1, 0.15) is 0 Å². The molecule has 1 saturated carbocycles. The van der Waals surface area contributed by atoms with E-state index in [1.807, 2.05) is 0 Å². The van der Waals surface area contributed by atoms with Crippen molar-refractivity contribution < 1.29 is 0 Å². The van der Waals surface area contributed by atoms with Crippen LogP contribution in [0.4, 0.5) is 0 Å². The number of nitrogens with zero attached hydrogens (tertiary/aromatic N) is 2. The smallest absolute Gasteiger partial charge is 0.156 e. The van der Waals surface area contributed by atoms with E-state index in [0.717, 1.165) is 28.5 Å². The van der Waals surface area contributed by atoms with E-state index in [2.05, 4.69) is 109 Å². The van der Waals surface area contributed by atoms with Crippen LogP contribution in [0.25, 0.3) is 0 Å². The van der Waals surface area contributed by atoms with Crippen LogP contribution in [0, 0.1) is 0 Å². The van der Waals surface area contributed by atoms with Gasteiger partial charge in [-0.1, -0.05) is 92.7 Å². The minimum Gasteiger partial charge on any atom is -0.263 e. The minimum atomic E-state index is -0.508. The third-order valence-electron chi connectivity index (χ3n) is 6.52. The fraction of sp³-hybridized carbons (Fsp3) is 0.440. The SMILES string of the molecule is C/C=C\CC1(Cl)N(Cc2ccc(Br)cc2)[C@@H]2CCCC[C@H]2N1Cc1ccc(Br)cc1. The number of halogens is 3. The van der Waals surface area contributed by atoms with Crippen LogP contribution >= 0.6 is 43.5 Å². The van der Waals surface area contributed by atoms with Gasteiger partial charge in [0, 0.05) is 40.5 Å². The van der Waals surface area contributed by atoms with Crippen molar-refractivity contribution in [3.05, 3.63) is 80.8 Å². The second-order valence-electron chi connectivity index (χ2n) is 8.42. The van der Waals surface area contributed by atoms with E-state index in [4.69, 9.17) is 11.6 Å². The second-order valence-corrected chi connectivity index (χ2v) is 10.9. The minimum absolute atomic E-state index is 0.501. The summed E-state index contributed by atoms with van der Waals surface area (Å²) in [5.41, 5.74) is 2.64. The van der Waals surface area contributed by atoms with Gasteiger partial charge in [0.25, 0.3) is 0 Å². The summed E-state index contributed by atoms with van der Waals surface area (Å²) in [6.45, 7) is 3.85. The number of allylic oxidation sites excluding steroid dienone is 1. The average molecular weight is 553 g/mol. The van der Waals surface area contributed by atoms with Gasteiger partial charge in [-0.15, -0.1) is 0 Å². The summed E-state index contributed by atoms with van der Waals surface area (Å²) >= 11 is 14.7. The Labute approximate surface area is 202 Å². The number of fused-ring (bicyclic) bond motifs is 1. The lowest BCUT2D eigenvalue weighted by atomic mass is 9.90. The maximum absolute atomic E-state index is 7.60. The molecule has 0 aromatic heterocycles. The number of hydrogen-bond acceptors (Lipinski definition) is 2. The molecule has 0 radical (unpaired) electrons. The molecule has 2 aromatic carbocycles. The lowest BCUT2D eigenvalue weighted by molar-refractivity contribution is 0.0639. The van der Waals surface area contributed by atoms with E-state index in [-0.39, 0.29) is 0 Å². The fourth-order valence-electron chi connectivity index (χ4n) is 5.04. The molecule has 2 aromatic rings. The quantitative estimate of drug-likeness (QED) is 0.206. The predicted molar refractivity (Wildman–Crippen MR) is 133 cm³/mol. The largest absolute Gasteiger partial charge is 0.263 e. The molecule has 1 saturated heterocycles. The van der Waals surface area contributed by atoms with Gasteiger partial charge in [0.2, 0.25) is 0 Å². The Morgan fingerprint density at radius 1 is 0.867 bits per heavy atom. The molecule has 0 unspecified atom stereocenters. The van der Waals surface area contributed by atoms with Gasteiger partial charge < -0.3 is 0 Å². The van der Waals surface area contributed by atoms with Crippen molar-refractivity contribution in [2.75, 3.05) is 0 Å². The number of alkyl halides is 1. The van der Waals surface area contributed by atoms with Gasteiger partial charge in [0.05, 0.1) is 0 Å². The fourth-order valence-corrected chi connectivity index (χ4v) is 6.03. The summed E-state index contributed by atoms with van der Waals surface area (Å²) in [7, 11) is 0. The highest BCUT2D eigenvalue weighted by Crippen LogP contribution is 2.48. The van der Waals surface area contributed by atoms with Crippen LogP contribution in [0.1, 0.15) is 50.2 Å².